The van der Waals surface area contributed by atoms with Gasteiger partial charge < -0.3 is 9.47 Å². The van der Waals surface area contributed by atoms with Gasteiger partial charge in [0.25, 0.3) is 0 Å². The first-order valence-electron chi connectivity index (χ1n) is 9.20. The SMILES string of the molecule is CCOC(=O)Cc1csc(NN=Cc2cc(Br)ccc2OCc2ccc(Cl)c(Cl)c2)n1. The van der Waals surface area contributed by atoms with Crippen LogP contribution in [0.2, 0.25) is 10.0 Å². The second-order valence-corrected chi connectivity index (χ2v) is 8.80. The first-order valence-corrected chi connectivity index (χ1v) is 11.6. The summed E-state index contributed by atoms with van der Waals surface area (Å²) in [5, 5.41) is 7.59. The number of carbonyl (C=O) groups excluding carboxylic acids is 1. The second-order valence-electron chi connectivity index (χ2n) is 6.22. The number of hydrazone groups is 1. The van der Waals surface area contributed by atoms with E-state index in [1.54, 1.807) is 30.7 Å². The monoisotopic (exact) mass is 541 g/mol. The number of benzene rings is 2. The van der Waals surface area contributed by atoms with Crippen LogP contribution >= 0.6 is 50.5 Å². The molecule has 162 valence electrons. The molecule has 0 saturated carbocycles. The third-order valence-electron chi connectivity index (χ3n) is 3.90. The highest BCUT2D eigenvalue weighted by molar-refractivity contribution is 9.10. The van der Waals surface area contributed by atoms with Crippen molar-refractivity contribution in [3.05, 3.63) is 73.1 Å². The Morgan fingerprint density at radius 3 is 2.87 bits per heavy atom. The molecule has 0 aliphatic carbocycles. The van der Waals surface area contributed by atoms with Gasteiger partial charge in [-0.05, 0) is 42.8 Å². The average Bonchev–Trinajstić information content (AvgIpc) is 3.17. The minimum absolute atomic E-state index is 0.133. The molecule has 31 heavy (non-hydrogen) atoms. The number of esters is 1. The Labute approximate surface area is 202 Å². The minimum Gasteiger partial charge on any atom is -0.488 e. The zero-order valence-electron chi connectivity index (χ0n) is 16.4. The largest absolute Gasteiger partial charge is 0.488 e. The van der Waals surface area contributed by atoms with Crippen LogP contribution in [-0.4, -0.2) is 23.8 Å². The lowest BCUT2D eigenvalue weighted by molar-refractivity contribution is -0.142. The van der Waals surface area contributed by atoms with Crippen molar-refractivity contribution >= 4 is 67.8 Å². The van der Waals surface area contributed by atoms with Crippen molar-refractivity contribution in [3.63, 3.8) is 0 Å². The third-order valence-corrected chi connectivity index (χ3v) is 5.92. The van der Waals surface area contributed by atoms with Crippen LogP contribution < -0.4 is 10.2 Å². The van der Waals surface area contributed by atoms with Crippen molar-refractivity contribution in [2.24, 2.45) is 5.10 Å². The lowest BCUT2D eigenvalue weighted by Crippen LogP contribution is -2.07. The highest BCUT2D eigenvalue weighted by atomic mass is 79.9. The Balaban J connectivity index is 1.63. The van der Waals surface area contributed by atoms with Gasteiger partial charge in [-0.25, -0.2) is 4.98 Å². The fourth-order valence-corrected chi connectivity index (χ4v) is 3.86. The van der Waals surface area contributed by atoms with Crippen LogP contribution in [0.1, 0.15) is 23.7 Å². The number of aromatic nitrogens is 1. The van der Waals surface area contributed by atoms with E-state index in [4.69, 9.17) is 32.7 Å². The van der Waals surface area contributed by atoms with Gasteiger partial charge in [-0.1, -0.05) is 45.2 Å². The number of ether oxygens (including phenoxy) is 2. The van der Waals surface area contributed by atoms with Crippen molar-refractivity contribution in [1.29, 1.82) is 0 Å². The molecular weight excluding hydrogens is 525 g/mol. The van der Waals surface area contributed by atoms with Crippen molar-refractivity contribution < 1.29 is 14.3 Å². The van der Waals surface area contributed by atoms with Crippen molar-refractivity contribution in [2.45, 2.75) is 20.0 Å². The zero-order valence-corrected chi connectivity index (χ0v) is 20.3. The molecule has 1 aromatic heterocycles. The topological polar surface area (TPSA) is 72.8 Å². The predicted molar refractivity (Wildman–Crippen MR) is 129 cm³/mol. The van der Waals surface area contributed by atoms with E-state index in [-0.39, 0.29) is 12.4 Å². The molecule has 6 nitrogen and oxygen atoms in total. The number of rotatable bonds is 9. The molecule has 0 fully saturated rings. The molecule has 0 bridgehead atoms. The molecule has 0 aliphatic heterocycles. The fraction of sp³-hybridized carbons (Fsp3) is 0.190. The zero-order chi connectivity index (χ0) is 22.2. The summed E-state index contributed by atoms with van der Waals surface area (Å²) < 4.78 is 11.8. The molecule has 0 saturated heterocycles. The van der Waals surface area contributed by atoms with Crippen LogP contribution in [0.4, 0.5) is 5.13 Å². The number of hydrogen-bond acceptors (Lipinski definition) is 7. The van der Waals surface area contributed by atoms with Gasteiger partial charge in [-0.2, -0.15) is 5.10 Å². The fourth-order valence-electron chi connectivity index (χ4n) is 2.50. The van der Waals surface area contributed by atoms with E-state index in [9.17, 15) is 4.79 Å². The molecule has 1 N–H and O–H groups in total. The number of nitrogens with one attached hydrogen (secondary N) is 1. The first-order chi connectivity index (χ1) is 14.9. The summed E-state index contributed by atoms with van der Waals surface area (Å²) in [6, 6.07) is 11.0. The maximum atomic E-state index is 11.5. The van der Waals surface area contributed by atoms with Crippen molar-refractivity contribution in [2.75, 3.05) is 12.0 Å². The first kappa shape index (κ1) is 23.5. The van der Waals surface area contributed by atoms with Crippen LogP contribution in [-0.2, 0) is 22.6 Å². The van der Waals surface area contributed by atoms with Crippen LogP contribution in [0.25, 0.3) is 0 Å². The minimum atomic E-state index is -0.305. The molecule has 0 radical (unpaired) electrons. The second kappa shape index (κ2) is 11.5. The Bertz CT molecular complexity index is 1090. The van der Waals surface area contributed by atoms with Crippen LogP contribution in [0, 0.1) is 0 Å². The van der Waals surface area contributed by atoms with Gasteiger partial charge in [0.05, 0.1) is 35.0 Å². The van der Waals surface area contributed by atoms with Crippen LogP contribution in [0.15, 0.2) is 51.4 Å². The lowest BCUT2D eigenvalue weighted by Gasteiger charge is -2.10. The molecule has 10 heteroatoms. The molecule has 0 atom stereocenters. The number of thiazole rings is 1. The number of halogens is 3. The number of hydrogen-bond donors (Lipinski definition) is 1. The highest BCUT2D eigenvalue weighted by Crippen LogP contribution is 2.26. The maximum absolute atomic E-state index is 11.5. The Morgan fingerprint density at radius 2 is 2.10 bits per heavy atom. The normalized spacial score (nSPS) is 11.0. The van der Waals surface area contributed by atoms with Gasteiger partial charge >= 0.3 is 5.97 Å². The molecule has 0 unspecified atom stereocenters. The summed E-state index contributed by atoms with van der Waals surface area (Å²) >= 11 is 16.8. The van der Waals surface area contributed by atoms with E-state index < -0.39 is 0 Å². The van der Waals surface area contributed by atoms with Gasteiger partial charge in [0.1, 0.15) is 12.4 Å². The summed E-state index contributed by atoms with van der Waals surface area (Å²) in [5.41, 5.74) is 5.18. The van der Waals surface area contributed by atoms with Gasteiger partial charge in [0.15, 0.2) is 0 Å². The van der Waals surface area contributed by atoms with Crippen LogP contribution in [0.3, 0.4) is 0 Å². The average molecular weight is 543 g/mol. The summed E-state index contributed by atoms with van der Waals surface area (Å²) in [4.78, 5) is 15.9. The van der Waals surface area contributed by atoms with E-state index in [0.29, 0.717) is 39.8 Å². The molecule has 1 heterocycles. The predicted octanol–water partition coefficient (Wildman–Crippen LogP) is 6.34. The molecule has 0 amide bonds. The van der Waals surface area contributed by atoms with Crippen molar-refractivity contribution in [3.8, 4) is 5.75 Å². The van der Waals surface area contributed by atoms with Gasteiger partial charge in [-0.15, -0.1) is 11.3 Å². The number of anilines is 1. The maximum Gasteiger partial charge on any atom is 0.311 e. The smallest absolute Gasteiger partial charge is 0.311 e. The molecule has 3 rings (SSSR count). The summed E-state index contributed by atoms with van der Waals surface area (Å²) in [6.07, 6.45) is 1.77. The quantitative estimate of drug-likeness (QED) is 0.194. The summed E-state index contributed by atoms with van der Waals surface area (Å²) in [6.45, 7) is 2.45. The molecule has 0 spiro atoms. The van der Waals surface area contributed by atoms with Gasteiger partial charge in [0, 0.05) is 15.4 Å². The van der Waals surface area contributed by atoms with Gasteiger partial charge in [0.2, 0.25) is 5.13 Å². The van der Waals surface area contributed by atoms with Crippen LogP contribution in [0.5, 0.6) is 5.75 Å². The summed E-state index contributed by atoms with van der Waals surface area (Å²) in [7, 11) is 0. The summed E-state index contributed by atoms with van der Waals surface area (Å²) in [5.74, 6) is 0.350. The number of carbonyl (C=O) groups is 1. The molecular formula is C21H18BrCl2N3O3S. The molecule has 3 aromatic rings. The van der Waals surface area contributed by atoms with E-state index >= 15 is 0 Å². The third kappa shape index (κ3) is 7.21. The van der Waals surface area contributed by atoms with E-state index in [2.05, 4.69) is 31.4 Å². The van der Waals surface area contributed by atoms with E-state index in [1.165, 1.54) is 11.3 Å². The van der Waals surface area contributed by atoms with E-state index in [0.717, 1.165) is 15.6 Å². The standard InChI is InChI=1S/C21H18BrCl2N3O3S/c1-2-29-20(28)9-16-12-31-21(26-16)27-25-10-14-8-15(22)4-6-19(14)30-11-13-3-5-17(23)18(24)7-13/h3-8,10,12H,2,9,11H2,1H3,(H,26,27). The Morgan fingerprint density at radius 1 is 1.26 bits per heavy atom. The highest BCUT2D eigenvalue weighted by Gasteiger charge is 2.08. The van der Waals surface area contributed by atoms with Gasteiger partial charge in [-0.3, -0.25) is 10.2 Å². The Hall–Kier alpha value is -2.13. The number of nitrogens with zero attached hydrogens (tertiary/aromatic N) is 2. The van der Waals surface area contributed by atoms with E-state index in [1.807, 2.05) is 24.3 Å². The van der Waals surface area contributed by atoms with Crippen molar-refractivity contribution in [1.82, 2.24) is 4.98 Å². The Kier molecular flexibility index (Phi) is 8.71. The molecule has 0 aliphatic rings. The lowest BCUT2D eigenvalue weighted by atomic mass is 10.2. The molecule has 2 aromatic carbocycles.